The van der Waals surface area contributed by atoms with Gasteiger partial charge in [0.1, 0.15) is 0 Å². The Hall–Kier alpha value is -1.83. The van der Waals surface area contributed by atoms with Crippen LogP contribution < -0.4 is 4.90 Å². The first-order valence-corrected chi connectivity index (χ1v) is 8.54. The molecule has 2 aromatic rings. The number of halogens is 3. The Morgan fingerprint density at radius 2 is 2.00 bits per heavy atom. The molecule has 0 N–H and O–H groups in total. The number of rotatable bonds is 2. The van der Waals surface area contributed by atoms with Gasteiger partial charge in [0.05, 0.1) is 15.8 Å². The fourth-order valence-electron chi connectivity index (χ4n) is 3.00. The van der Waals surface area contributed by atoms with Gasteiger partial charge in [0.2, 0.25) is 5.91 Å². The van der Waals surface area contributed by atoms with Crippen molar-refractivity contribution in [3.63, 3.8) is 0 Å². The monoisotopic (exact) mass is 357 g/mol. The molecule has 4 nitrogen and oxygen atoms in total. The van der Waals surface area contributed by atoms with E-state index in [1.807, 2.05) is 4.90 Å². The molecule has 1 aliphatic rings. The molecule has 3 rings (SSSR count). The molecule has 8 heteroatoms. The second-order valence-corrected chi connectivity index (χ2v) is 7.00. The van der Waals surface area contributed by atoms with Crippen molar-refractivity contribution in [3.05, 3.63) is 23.8 Å². The molecule has 1 amide bonds. The van der Waals surface area contributed by atoms with Crippen molar-refractivity contribution >= 4 is 32.6 Å². The van der Waals surface area contributed by atoms with E-state index >= 15 is 0 Å². The summed E-state index contributed by atoms with van der Waals surface area (Å²) in [5, 5.41) is 0.616. The van der Waals surface area contributed by atoms with Crippen LogP contribution in [0.25, 0.3) is 10.2 Å². The highest BCUT2D eigenvalue weighted by atomic mass is 32.1. The van der Waals surface area contributed by atoms with Crippen LogP contribution in [-0.4, -0.2) is 42.0 Å². The number of amides is 1. The predicted octanol–water partition coefficient (Wildman–Crippen LogP) is 3.76. The number of nitrogens with zero attached hydrogens (tertiary/aromatic N) is 3. The Morgan fingerprint density at radius 3 is 2.58 bits per heavy atom. The van der Waals surface area contributed by atoms with Crippen LogP contribution in [0.5, 0.6) is 0 Å². The molecular weight excluding hydrogens is 339 g/mol. The van der Waals surface area contributed by atoms with Gasteiger partial charge in [0.25, 0.3) is 0 Å². The lowest BCUT2D eigenvalue weighted by atomic mass is 10.0. The van der Waals surface area contributed by atoms with Crippen LogP contribution >= 0.6 is 11.3 Å². The highest BCUT2D eigenvalue weighted by Gasteiger charge is 2.34. The molecule has 2 heterocycles. The molecule has 0 bridgehead atoms. The van der Waals surface area contributed by atoms with E-state index in [2.05, 4.69) is 4.98 Å². The molecule has 0 radical (unpaired) electrons. The molecule has 1 aliphatic heterocycles. The third-order valence-corrected chi connectivity index (χ3v) is 5.57. The highest BCUT2D eigenvalue weighted by Crippen LogP contribution is 2.38. The minimum atomic E-state index is -4.40. The second-order valence-electron chi connectivity index (χ2n) is 5.99. The molecule has 0 atom stereocenters. The number of hydrogen-bond acceptors (Lipinski definition) is 4. The molecule has 1 saturated heterocycles. The van der Waals surface area contributed by atoms with Gasteiger partial charge in [-0.15, -0.1) is 0 Å². The van der Waals surface area contributed by atoms with E-state index in [1.165, 1.54) is 17.4 Å². The van der Waals surface area contributed by atoms with E-state index < -0.39 is 11.7 Å². The van der Waals surface area contributed by atoms with Gasteiger partial charge in [-0.25, -0.2) is 4.98 Å². The van der Waals surface area contributed by atoms with Crippen LogP contribution in [0.4, 0.5) is 18.3 Å². The molecule has 24 heavy (non-hydrogen) atoms. The summed E-state index contributed by atoms with van der Waals surface area (Å²) in [6.07, 6.45) is -2.82. The Bertz CT molecular complexity index is 751. The van der Waals surface area contributed by atoms with Crippen LogP contribution in [-0.2, 0) is 11.0 Å². The molecule has 1 aromatic carbocycles. The van der Waals surface area contributed by atoms with Crippen molar-refractivity contribution in [1.29, 1.82) is 0 Å². The number of fused-ring (bicyclic) bond motifs is 1. The number of anilines is 1. The van der Waals surface area contributed by atoms with E-state index in [0.29, 0.717) is 22.9 Å². The number of carbonyl (C=O) groups is 1. The van der Waals surface area contributed by atoms with Gasteiger partial charge in [-0.3, -0.25) is 4.79 Å². The lowest BCUT2D eigenvalue weighted by molar-refractivity contribution is -0.136. The second kappa shape index (κ2) is 6.23. The van der Waals surface area contributed by atoms with Crippen molar-refractivity contribution < 1.29 is 18.0 Å². The molecule has 130 valence electrons. The van der Waals surface area contributed by atoms with Gasteiger partial charge in [0, 0.05) is 33.1 Å². The Labute approximate surface area is 141 Å². The van der Waals surface area contributed by atoms with Crippen molar-refractivity contribution in [2.24, 2.45) is 0 Å². The van der Waals surface area contributed by atoms with Gasteiger partial charge in [-0.05, 0) is 25.0 Å². The van der Waals surface area contributed by atoms with Crippen LogP contribution in [0.2, 0.25) is 0 Å². The number of benzene rings is 1. The molecular formula is C16H18F3N3OS. The Balaban J connectivity index is 1.81. The van der Waals surface area contributed by atoms with Gasteiger partial charge in [0.15, 0.2) is 5.13 Å². The number of carbonyl (C=O) groups excluding carboxylic acids is 1. The van der Waals surface area contributed by atoms with Crippen molar-refractivity contribution in [2.75, 3.05) is 25.0 Å². The third-order valence-electron chi connectivity index (χ3n) is 4.49. The van der Waals surface area contributed by atoms with E-state index in [9.17, 15) is 18.0 Å². The zero-order valence-electron chi connectivity index (χ0n) is 13.4. The van der Waals surface area contributed by atoms with Crippen molar-refractivity contribution in [3.8, 4) is 0 Å². The summed E-state index contributed by atoms with van der Waals surface area (Å²) in [4.78, 5) is 19.4. The minimum Gasteiger partial charge on any atom is -0.348 e. The van der Waals surface area contributed by atoms with Crippen molar-refractivity contribution in [2.45, 2.75) is 32.0 Å². The summed E-state index contributed by atoms with van der Waals surface area (Å²) in [7, 11) is 1.79. The van der Waals surface area contributed by atoms with Gasteiger partial charge in [-0.2, -0.15) is 13.2 Å². The zero-order valence-corrected chi connectivity index (χ0v) is 14.2. The van der Waals surface area contributed by atoms with E-state index in [0.717, 1.165) is 18.9 Å². The molecule has 0 saturated carbocycles. The third kappa shape index (κ3) is 3.19. The minimum absolute atomic E-state index is 0.0213. The van der Waals surface area contributed by atoms with Crippen LogP contribution in [0.1, 0.15) is 25.3 Å². The van der Waals surface area contributed by atoms with E-state index in [4.69, 9.17) is 0 Å². The maximum atomic E-state index is 13.1. The average Bonchev–Trinajstić information content (AvgIpc) is 2.97. The number of para-hydroxylation sites is 1. The Morgan fingerprint density at radius 1 is 1.33 bits per heavy atom. The lowest BCUT2D eigenvalue weighted by Gasteiger charge is -2.36. The smallest absolute Gasteiger partial charge is 0.348 e. The standard InChI is InChI=1S/C16H18F3N3OS/c1-10(23)21(2)11-6-8-22(9-7-11)15-20-14-12(16(17,18)19)4-3-5-13(14)24-15/h3-5,11H,6-9H2,1-2H3. The normalized spacial score (nSPS) is 16.6. The summed E-state index contributed by atoms with van der Waals surface area (Å²) in [5.41, 5.74) is -0.665. The topological polar surface area (TPSA) is 36.4 Å². The lowest BCUT2D eigenvalue weighted by Crippen LogP contribution is -2.45. The predicted molar refractivity (Wildman–Crippen MR) is 88.3 cm³/mol. The number of aromatic nitrogens is 1. The number of piperidine rings is 1. The fourth-order valence-corrected chi connectivity index (χ4v) is 4.05. The summed E-state index contributed by atoms with van der Waals surface area (Å²) < 4.78 is 39.8. The highest BCUT2D eigenvalue weighted by molar-refractivity contribution is 7.22. The summed E-state index contributed by atoms with van der Waals surface area (Å²) in [6, 6.07) is 4.34. The first-order valence-electron chi connectivity index (χ1n) is 7.72. The van der Waals surface area contributed by atoms with Gasteiger partial charge < -0.3 is 9.80 Å². The van der Waals surface area contributed by atoms with Gasteiger partial charge >= 0.3 is 6.18 Å². The SMILES string of the molecule is CC(=O)N(C)C1CCN(c2nc3c(C(F)(F)F)cccc3s2)CC1. The summed E-state index contributed by atoms with van der Waals surface area (Å²) in [5.74, 6) is 0.0308. The van der Waals surface area contributed by atoms with Gasteiger partial charge in [-0.1, -0.05) is 17.4 Å². The van der Waals surface area contributed by atoms with Crippen LogP contribution in [0.3, 0.4) is 0 Å². The van der Waals surface area contributed by atoms with Crippen molar-refractivity contribution in [1.82, 2.24) is 9.88 Å². The van der Waals surface area contributed by atoms with E-state index in [-0.39, 0.29) is 17.5 Å². The maximum Gasteiger partial charge on any atom is 0.418 e. The van der Waals surface area contributed by atoms with Crippen LogP contribution in [0.15, 0.2) is 18.2 Å². The molecule has 0 unspecified atom stereocenters. The molecule has 1 aromatic heterocycles. The van der Waals surface area contributed by atoms with Crippen LogP contribution in [0, 0.1) is 0 Å². The first-order chi connectivity index (χ1) is 11.3. The fraction of sp³-hybridized carbons (Fsp3) is 0.500. The van der Waals surface area contributed by atoms with E-state index in [1.54, 1.807) is 24.9 Å². The number of thiazole rings is 1. The summed E-state index contributed by atoms with van der Waals surface area (Å²) >= 11 is 1.28. The quantitative estimate of drug-likeness (QED) is 0.821. The summed E-state index contributed by atoms with van der Waals surface area (Å²) in [6.45, 7) is 2.91. The largest absolute Gasteiger partial charge is 0.418 e. The molecule has 1 fully saturated rings. The molecule has 0 aliphatic carbocycles. The Kier molecular flexibility index (Phi) is 4.42. The zero-order chi connectivity index (χ0) is 17.5. The average molecular weight is 357 g/mol. The molecule has 0 spiro atoms. The number of alkyl halides is 3. The first kappa shape index (κ1) is 17.0. The maximum absolute atomic E-state index is 13.1. The number of hydrogen-bond donors (Lipinski definition) is 0.